The summed E-state index contributed by atoms with van der Waals surface area (Å²) in [6.45, 7) is 6.60. The van der Waals surface area contributed by atoms with Gasteiger partial charge in [0, 0.05) is 24.5 Å². The third kappa shape index (κ3) is 4.15. The van der Waals surface area contributed by atoms with Gasteiger partial charge in [0.05, 0.1) is 5.56 Å². The van der Waals surface area contributed by atoms with Gasteiger partial charge in [-0.15, -0.1) is 0 Å². The Morgan fingerprint density at radius 3 is 2.32 bits per heavy atom. The molecule has 1 aromatic carbocycles. The van der Waals surface area contributed by atoms with E-state index in [1.54, 1.807) is 12.3 Å². The standard InChI is InChI=1S/C18H23N3O/c1-12(2)14-6-8-15(9-7-14)17(19)11-21-18(22)16-5-4-13(3)20-10-16/h4-10,12,17H,11,19H2,1-3H3,(H,21,22). The van der Waals surface area contributed by atoms with E-state index in [0.29, 0.717) is 18.0 Å². The van der Waals surface area contributed by atoms with Gasteiger partial charge in [-0.2, -0.15) is 0 Å². The first-order valence-corrected chi connectivity index (χ1v) is 7.53. The van der Waals surface area contributed by atoms with Crippen molar-refractivity contribution in [3.8, 4) is 0 Å². The average Bonchev–Trinajstić information content (AvgIpc) is 2.53. The van der Waals surface area contributed by atoms with E-state index in [2.05, 4.69) is 36.3 Å². The minimum absolute atomic E-state index is 0.151. The van der Waals surface area contributed by atoms with E-state index < -0.39 is 0 Å². The minimum Gasteiger partial charge on any atom is -0.350 e. The molecular weight excluding hydrogens is 274 g/mol. The number of nitrogens with zero attached hydrogens (tertiary/aromatic N) is 1. The molecule has 0 fully saturated rings. The lowest BCUT2D eigenvalue weighted by Gasteiger charge is -2.14. The van der Waals surface area contributed by atoms with Gasteiger partial charge < -0.3 is 11.1 Å². The summed E-state index contributed by atoms with van der Waals surface area (Å²) in [4.78, 5) is 16.1. The fourth-order valence-corrected chi connectivity index (χ4v) is 2.15. The van der Waals surface area contributed by atoms with Crippen molar-refractivity contribution in [2.75, 3.05) is 6.54 Å². The molecule has 2 aromatic rings. The number of aryl methyl sites for hydroxylation is 1. The van der Waals surface area contributed by atoms with Crippen LogP contribution < -0.4 is 11.1 Å². The lowest BCUT2D eigenvalue weighted by Crippen LogP contribution is -2.32. The maximum atomic E-state index is 12.0. The van der Waals surface area contributed by atoms with Crippen molar-refractivity contribution >= 4 is 5.91 Å². The second-order valence-electron chi connectivity index (χ2n) is 5.83. The molecule has 22 heavy (non-hydrogen) atoms. The Morgan fingerprint density at radius 1 is 1.14 bits per heavy atom. The predicted molar refractivity (Wildman–Crippen MR) is 88.8 cm³/mol. The van der Waals surface area contributed by atoms with Gasteiger partial charge in [0.2, 0.25) is 0 Å². The maximum absolute atomic E-state index is 12.0. The van der Waals surface area contributed by atoms with Gasteiger partial charge in [-0.05, 0) is 36.1 Å². The molecule has 1 unspecified atom stereocenters. The van der Waals surface area contributed by atoms with E-state index in [1.807, 2.05) is 25.1 Å². The molecule has 0 spiro atoms. The van der Waals surface area contributed by atoms with Crippen molar-refractivity contribution in [2.24, 2.45) is 5.73 Å². The zero-order chi connectivity index (χ0) is 16.1. The molecule has 1 aromatic heterocycles. The number of carbonyl (C=O) groups excluding carboxylic acids is 1. The van der Waals surface area contributed by atoms with E-state index in [0.717, 1.165) is 11.3 Å². The molecule has 4 heteroatoms. The Balaban J connectivity index is 1.93. The summed E-state index contributed by atoms with van der Waals surface area (Å²) in [6, 6.07) is 11.6. The predicted octanol–water partition coefficient (Wildman–Crippen LogP) is 2.94. The summed E-state index contributed by atoms with van der Waals surface area (Å²) < 4.78 is 0. The molecule has 0 aliphatic carbocycles. The molecule has 116 valence electrons. The first kappa shape index (κ1) is 16.2. The molecule has 4 nitrogen and oxygen atoms in total. The van der Waals surface area contributed by atoms with Crippen molar-refractivity contribution in [1.82, 2.24) is 10.3 Å². The Hall–Kier alpha value is -2.20. The van der Waals surface area contributed by atoms with Crippen LogP contribution in [0.5, 0.6) is 0 Å². The van der Waals surface area contributed by atoms with Gasteiger partial charge in [-0.25, -0.2) is 0 Å². The molecule has 0 bridgehead atoms. The first-order chi connectivity index (χ1) is 10.5. The molecule has 1 amide bonds. The first-order valence-electron chi connectivity index (χ1n) is 7.53. The number of rotatable bonds is 5. The summed E-state index contributed by atoms with van der Waals surface area (Å²) in [6.07, 6.45) is 1.58. The van der Waals surface area contributed by atoms with E-state index in [-0.39, 0.29) is 11.9 Å². The molecular formula is C18H23N3O. The maximum Gasteiger partial charge on any atom is 0.252 e. The minimum atomic E-state index is -0.219. The van der Waals surface area contributed by atoms with Crippen molar-refractivity contribution in [3.63, 3.8) is 0 Å². The summed E-state index contributed by atoms with van der Waals surface area (Å²) in [5, 5.41) is 2.85. The number of aromatic nitrogens is 1. The number of amides is 1. The number of carbonyl (C=O) groups is 1. The lowest BCUT2D eigenvalue weighted by molar-refractivity contribution is 0.0951. The molecule has 0 radical (unpaired) electrons. The molecule has 3 N–H and O–H groups in total. The van der Waals surface area contributed by atoms with E-state index >= 15 is 0 Å². The summed E-state index contributed by atoms with van der Waals surface area (Å²) in [5.74, 6) is 0.348. The van der Waals surface area contributed by atoms with Gasteiger partial charge in [-0.3, -0.25) is 9.78 Å². The molecule has 1 heterocycles. The Morgan fingerprint density at radius 2 is 1.77 bits per heavy atom. The van der Waals surface area contributed by atoms with Crippen LogP contribution in [0.25, 0.3) is 0 Å². The molecule has 0 saturated heterocycles. The topological polar surface area (TPSA) is 68.0 Å². The van der Waals surface area contributed by atoms with Gasteiger partial charge in [-0.1, -0.05) is 38.1 Å². The molecule has 0 aliphatic rings. The van der Waals surface area contributed by atoms with Crippen LogP contribution >= 0.6 is 0 Å². The van der Waals surface area contributed by atoms with Crippen molar-refractivity contribution < 1.29 is 4.79 Å². The smallest absolute Gasteiger partial charge is 0.252 e. The van der Waals surface area contributed by atoms with E-state index in [4.69, 9.17) is 5.73 Å². The second-order valence-corrected chi connectivity index (χ2v) is 5.83. The highest BCUT2D eigenvalue weighted by Gasteiger charge is 2.10. The number of benzene rings is 1. The highest BCUT2D eigenvalue weighted by atomic mass is 16.1. The Labute approximate surface area is 131 Å². The Kier molecular flexibility index (Phi) is 5.28. The average molecular weight is 297 g/mol. The summed E-state index contributed by atoms with van der Waals surface area (Å²) >= 11 is 0. The molecule has 0 saturated carbocycles. The summed E-state index contributed by atoms with van der Waals surface area (Å²) in [5.41, 5.74) is 9.88. The van der Waals surface area contributed by atoms with Gasteiger partial charge >= 0.3 is 0 Å². The van der Waals surface area contributed by atoms with Crippen LogP contribution in [0.2, 0.25) is 0 Å². The summed E-state index contributed by atoms with van der Waals surface area (Å²) in [7, 11) is 0. The fraction of sp³-hybridized carbons (Fsp3) is 0.333. The van der Waals surface area contributed by atoms with Crippen molar-refractivity contribution in [2.45, 2.75) is 32.7 Å². The normalized spacial score (nSPS) is 12.2. The Bertz CT molecular complexity index is 618. The highest BCUT2D eigenvalue weighted by Crippen LogP contribution is 2.17. The van der Waals surface area contributed by atoms with Crippen molar-refractivity contribution in [1.29, 1.82) is 0 Å². The number of nitrogens with one attached hydrogen (secondary N) is 1. The van der Waals surface area contributed by atoms with Crippen LogP contribution in [0.4, 0.5) is 0 Å². The highest BCUT2D eigenvalue weighted by molar-refractivity contribution is 5.93. The monoisotopic (exact) mass is 297 g/mol. The van der Waals surface area contributed by atoms with Gasteiger partial charge in [0.25, 0.3) is 5.91 Å². The van der Waals surface area contributed by atoms with Crippen LogP contribution in [0, 0.1) is 6.92 Å². The van der Waals surface area contributed by atoms with Crippen LogP contribution in [-0.4, -0.2) is 17.4 Å². The number of nitrogens with two attached hydrogens (primary N) is 1. The van der Waals surface area contributed by atoms with Crippen molar-refractivity contribution in [3.05, 3.63) is 65.0 Å². The SMILES string of the molecule is Cc1ccc(C(=O)NCC(N)c2ccc(C(C)C)cc2)cn1. The largest absolute Gasteiger partial charge is 0.350 e. The van der Waals surface area contributed by atoms with Crippen LogP contribution in [-0.2, 0) is 0 Å². The van der Waals surface area contributed by atoms with E-state index in [1.165, 1.54) is 5.56 Å². The zero-order valence-corrected chi connectivity index (χ0v) is 13.3. The fourth-order valence-electron chi connectivity index (χ4n) is 2.15. The van der Waals surface area contributed by atoms with Crippen LogP contribution in [0.15, 0.2) is 42.6 Å². The lowest BCUT2D eigenvalue weighted by atomic mass is 9.99. The van der Waals surface area contributed by atoms with E-state index in [9.17, 15) is 4.79 Å². The van der Waals surface area contributed by atoms with Crippen LogP contribution in [0.1, 0.15) is 53.0 Å². The molecule has 2 rings (SSSR count). The molecule has 1 atom stereocenters. The van der Waals surface area contributed by atoms with Gasteiger partial charge in [0.15, 0.2) is 0 Å². The molecule has 0 aliphatic heterocycles. The zero-order valence-electron chi connectivity index (χ0n) is 13.3. The number of pyridine rings is 1. The third-order valence-corrected chi connectivity index (χ3v) is 3.69. The third-order valence-electron chi connectivity index (χ3n) is 3.69. The number of hydrogen-bond acceptors (Lipinski definition) is 3. The van der Waals surface area contributed by atoms with Crippen LogP contribution in [0.3, 0.4) is 0 Å². The second kappa shape index (κ2) is 7.18. The quantitative estimate of drug-likeness (QED) is 0.891. The number of hydrogen-bond donors (Lipinski definition) is 2. The van der Waals surface area contributed by atoms with Gasteiger partial charge in [0.1, 0.15) is 0 Å².